The van der Waals surface area contributed by atoms with E-state index in [9.17, 15) is 4.79 Å². The summed E-state index contributed by atoms with van der Waals surface area (Å²) in [6, 6.07) is 0. The first-order valence-electron chi connectivity index (χ1n) is 5.55. The van der Waals surface area contributed by atoms with Crippen LogP contribution in [0.5, 0.6) is 0 Å². The molecule has 0 fully saturated rings. The molecule has 0 aliphatic rings. The van der Waals surface area contributed by atoms with Gasteiger partial charge in [-0.05, 0) is 20.8 Å². The van der Waals surface area contributed by atoms with Crippen molar-refractivity contribution in [2.45, 2.75) is 27.3 Å². The third-order valence-electron chi connectivity index (χ3n) is 2.45. The molecule has 0 aromatic carbocycles. The summed E-state index contributed by atoms with van der Waals surface area (Å²) in [5.41, 5.74) is 2.22. The van der Waals surface area contributed by atoms with Crippen LogP contribution >= 0.6 is 11.3 Å². The Bertz CT molecular complexity index is 579. The van der Waals surface area contributed by atoms with Gasteiger partial charge in [-0.2, -0.15) is 0 Å². The van der Waals surface area contributed by atoms with Gasteiger partial charge in [0.15, 0.2) is 5.78 Å². The van der Waals surface area contributed by atoms with Crippen molar-refractivity contribution in [3.8, 4) is 0 Å². The lowest BCUT2D eigenvalue weighted by Gasteiger charge is -2.05. The zero-order valence-electron chi connectivity index (χ0n) is 10.5. The Balaban J connectivity index is 2.06. The lowest BCUT2D eigenvalue weighted by Crippen LogP contribution is -2.07. The van der Waals surface area contributed by atoms with Crippen molar-refractivity contribution in [3.63, 3.8) is 0 Å². The van der Waals surface area contributed by atoms with Crippen molar-refractivity contribution >= 4 is 23.1 Å². The van der Waals surface area contributed by atoms with Crippen LogP contribution in [-0.2, 0) is 6.54 Å². The molecule has 2 rings (SSSR count). The highest BCUT2D eigenvalue weighted by Crippen LogP contribution is 2.11. The van der Waals surface area contributed by atoms with Gasteiger partial charge in [-0.15, -0.1) is 11.3 Å². The van der Waals surface area contributed by atoms with Gasteiger partial charge in [-0.25, -0.2) is 15.0 Å². The molecule has 2 aromatic heterocycles. The first-order chi connectivity index (χ1) is 8.56. The van der Waals surface area contributed by atoms with Gasteiger partial charge in [0.1, 0.15) is 0 Å². The number of hydrogen-bond acceptors (Lipinski definition) is 6. The van der Waals surface area contributed by atoms with E-state index in [-0.39, 0.29) is 5.78 Å². The highest BCUT2D eigenvalue weighted by molar-refractivity contribution is 7.09. The maximum atomic E-state index is 11.3. The van der Waals surface area contributed by atoms with Crippen molar-refractivity contribution < 1.29 is 4.79 Å². The lowest BCUT2D eigenvalue weighted by atomic mass is 10.2. The fourth-order valence-electron chi connectivity index (χ4n) is 1.56. The van der Waals surface area contributed by atoms with Crippen LogP contribution in [0.25, 0.3) is 0 Å². The van der Waals surface area contributed by atoms with E-state index in [1.54, 1.807) is 24.5 Å². The van der Waals surface area contributed by atoms with E-state index < -0.39 is 0 Å². The molecular formula is C12H14N4OS. The molecule has 0 amide bonds. The smallest absolute Gasteiger partial charge is 0.223 e. The number of thiazole rings is 1. The SMILES string of the molecule is CC(=O)c1cnc(NCc2csc(C)n2)nc1C. The van der Waals surface area contributed by atoms with Crippen LogP contribution in [0.2, 0.25) is 0 Å². The normalized spacial score (nSPS) is 10.4. The second-order valence-corrected chi connectivity index (χ2v) is 5.02. The quantitative estimate of drug-likeness (QED) is 0.857. The first-order valence-corrected chi connectivity index (χ1v) is 6.43. The summed E-state index contributed by atoms with van der Waals surface area (Å²) in [5, 5.41) is 6.13. The zero-order chi connectivity index (χ0) is 13.1. The fourth-order valence-corrected chi connectivity index (χ4v) is 2.17. The minimum Gasteiger partial charge on any atom is -0.349 e. The standard InChI is InChI=1S/C12H14N4OS/c1-7-11(8(2)17)5-14-12(15-7)13-4-10-6-18-9(3)16-10/h5-6H,4H2,1-3H3,(H,13,14,15). The first kappa shape index (κ1) is 12.6. The molecule has 94 valence electrons. The molecule has 0 atom stereocenters. The summed E-state index contributed by atoms with van der Waals surface area (Å²) in [5.74, 6) is 0.498. The number of carbonyl (C=O) groups is 1. The van der Waals surface area contributed by atoms with Crippen LogP contribution in [0.4, 0.5) is 5.95 Å². The molecule has 2 heterocycles. The number of hydrogen-bond donors (Lipinski definition) is 1. The molecule has 2 aromatic rings. The Morgan fingerprint density at radius 2 is 2.17 bits per heavy atom. The van der Waals surface area contributed by atoms with Crippen LogP contribution in [0.1, 0.15) is 33.7 Å². The Morgan fingerprint density at radius 3 is 2.72 bits per heavy atom. The van der Waals surface area contributed by atoms with Gasteiger partial charge in [-0.1, -0.05) is 0 Å². The largest absolute Gasteiger partial charge is 0.349 e. The molecule has 6 heteroatoms. The molecule has 18 heavy (non-hydrogen) atoms. The van der Waals surface area contributed by atoms with Crippen molar-refractivity contribution in [3.05, 3.63) is 33.5 Å². The van der Waals surface area contributed by atoms with E-state index in [4.69, 9.17) is 0 Å². The minimum atomic E-state index is -0.0193. The highest BCUT2D eigenvalue weighted by atomic mass is 32.1. The Morgan fingerprint density at radius 1 is 1.39 bits per heavy atom. The average Bonchev–Trinajstić information content (AvgIpc) is 2.72. The molecule has 5 nitrogen and oxygen atoms in total. The van der Waals surface area contributed by atoms with E-state index in [1.807, 2.05) is 12.3 Å². The van der Waals surface area contributed by atoms with Gasteiger partial charge in [0.25, 0.3) is 0 Å². The van der Waals surface area contributed by atoms with Crippen molar-refractivity contribution in [2.24, 2.45) is 0 Å². The monoisotopic (exact) mass is 262 g/mol. The maximum Gasteiger partial charge on any atom is 0.223 e. The van der Waals surface area contributed by atoms with E-state index in [1.165, 1.54) is 6.92 Å². The number of rotatable bonds is 4. The Kier molecular flexibility index (Phi) is 3.66. The number of aryl methyl sites for hydroxylation is 2. The van der Waals surface area contributed by atoms with Crippen LogP contribution in [0.15, 0.2) is 11.6 Å². The molecule has 0 aliphatic heterocycles. The summed E-state index contributed by atoms with van der Waals surface area (Å²) >= 11 is 1.61. The van der Waals surface area contributed by atoms with E-state index in [2.05, 4.69) is 20.3 Å². The summed E-state index contributed by atoms with van der Waals surface area (Å²) in [6.45, 7) is 5.87. The molecule has 1 N–H and O–H groups in total. The topological polar surface area (TPSA) is 67.8 Å². The summed E-state index contributed by atoms with van der Waals surface area (Å²) in [6.07, 6.45) is 1.55. The van der Waals surface area contributed by atoms with Gasteiger partial charge in [-0.3, -0.25) is 4.79 Å². The Labute approximate surface area is 109 Å². The van der Waals surface area contributed by atoms with Gasteiger partial charge < -0.3 is 5.32 Å². The second-order valence-electron chi connectivity index (χ2n) is 3.96. The van der Waals surface area contributed by atoms with Gasteiger partial charge in [0.2, 0.25) is 5.95 Å². The molecule has 0 aliphatic carbocycles. The number of Topliss-reactive ketones (excluding diaryl/α,β-unsaturated/α-hetero) is 1. The second kappa shape index (κ2) is 5.22. The number of nitrogens with one attached hydrogen (secondary N) is 1. The summed E-state index contributed by atoms with van der Waals surface area (Å²) < 4.78 is 0. The minimum absolute atomic E-state index is 0.0193. The van der Waals surface area contributed by atoms with Crippen LogP contribution in [0.3, 0.4) is 0 Å². The predicted molar refractivity (Wildman–Crippen MR) is 71.0 cm³/mol. The number of aromatic nitrogens is 3. The molecule has 0 saturated heterocycles. The molecule has 0 unspecified atom stereocenters. The van der Waals surface area contributed by atoms with Crippen LogP contribution < -0.4 is 5.32 Å². The molecular weight excluding hydrogens is 248 g/mol. The lowest BCUT2D eigenvalue weighted by molar-refractivity contribution is 0.101. The molecule has 0 bridgehead atoms. The van der Waals surface area contributed by atoms with Crippen LogP contribution in [0, 0.1) is 13.8 Å². The molecule has 0 radical (unpaired) electrons. The number of ketones is 1. The predicted octanol–water partition coefficient (Wildman–Crippen LogP) is 2.36. The number of carbonyl (C=O) groups excluding carboxylic acids is 1. The summed E-state index contributed by atoms with van der Waals surface area (Å²) in [4.78, 5) is 24.0. The zero-order valence-corrected chi connectivity index (χ0v) is 11.3. The van der Waals surface area contributed by atoms with E-state index in [0.29, 0.717) is 23.8 Å². The average molecular weight is 262 g/mol. The molecule has 0 saturated carbocycles. The van der Waals surface area contributed by atoms with Crippen LogP contribution in [-0.4, -0.2) is 20.7 Å². The summed E-state index contributed by atoms with van der Waals surface area (Å²) in [7, 11) is 0. The Hall–Kier alpha value is -1.82. The third-order valence-corrected chi connectivity index (χ3v) is 3.28. The van der Waals surface area contributed by atoms with Crippen molar-refractivity contribution in [1.82, 2.24) is 15.0 Å². The van der Waals surface area contributed by atoms with Crippen molar-refractivity contribution in [1.29, 1.82) is 0 Å². The highest BCUT2D eigenvalue weighted by Gasteiger charge is 2.07. The molecule has 0 spiro atoms. The fraction of sp³-hybridized carbons (Fsp3) is 0.333. The van der Waals surface area contributed by atoms with E-state index in [0.717, 1.165) is 10.7 Å². The number of anilines is 1. The van der Waals surface area contributed by atoms with Crippen molar-refractivity contribution in [2.75, 3.05) is 5.32 Å². The number of nitrogens with zero attached hydrogens (tertiary/aromatic N) is 3. The maximum absolute atomic E-state index is 11.3. The van der Waals surface area contributed by atoms with Gasteiger partial charge in [0, 0.05) is 11.6 Å². The van der Waals surface area contributed by atoms with Gasteiger partial charge in [0.05, 0.1) is 28.5 Å². The van der Waals surface area contributed by atoms with E-state index >= 15 is 0 Å². The third kappa shape index (κ3) is 2.89. The van der Waals surface area contributed by atoms with Gasteiger partial charge >= 0.3 is 0 Å².